The molecule has 1 heterocycles. The monoisotopic (exact) mass is 496 g/mol. The fourth-order valence-corrected chi connectivity index (χ4v) is 3.24. The van der Waals surface area contributed by atoms with Crippen LogP contribution < -0.4 is 11.1 Å². The van der Waals surface area contributed by atoms with Gasteiger partial charge >= 0.3 is 6.09 Å². The number of nitrogens with one attached hydrogen (secondary N) is 1. The highest BCUT2D eigenvalue weighted by Crippen LogP contribution is 2.21. The van der Waals surface area contributed by atoms with Gasteiger partial charge in [-0.2, -0.15) is 4.98 Å². The Bertz CT molecular complexity index is 1070. The number of carboxylic acid groups (broad SMARTS) is 1. The minimum absolute atomic E-state index is 0.321. The van der Waals surface area contributed by atoms with Gasteiger partial charge in [-0.25, -0.2) is 4.79 Å². The zero-order chi connectivity index (χ0) is 26.6. The average Bonchev–Trinajstić information content (AvgIpc) is 3.27. The molecular weight excluding hydrogens is 460 g/mol. The van der Waals surface area contributed by atoms with E-state index in [4.69, 9.17) is 24.9 Å². The van der Waals surface area contributed by atoms with Crippen molar-refractivity contribution in [2.75, 3.05) is 6.54 Å². The first-order valence-corrected chi connectivity index (χ1v) is 11.9. The average molecular weight is 497 g/mol. The minimum Gasteiger partial charge on any atom is -0.481 e. The van der Waals surface area contributed by atoms with E-state index in [9.17, 15) is 4.79 Å². The van der Waals surface area contributed by atoms with Crippen molar-refractivity contribution >= 4 is 12.1 Å². The van der Waals surface area contributed by atoms with Crippen LogP contribution in [-0.4, -0.2) is 39.5 Å². The first-order valence-electron chi connectivity index (χ1n) is 11.9. The zero-order valence-electron chi connectivity index (χ0n) is 21.4. The number of hydrogen-bond acceptors (Lipinski definition) is 7. The number of alkyl carbamates (subject to hydrolysis) is 1. The highest BCUT2D eigenvalue weighted by Gasteiger charge is 2.17. The van der Waals surface area contributed by atoms with E-state index in [1.807, 2.05) is 39.0 Å². The summed E-state index contributed by atoms with van der Waals surface area (Å²) >= 11 is 0. The lowest BCUT2D eigenvalue weighted by atomic mass is 10.0. The van der Waals surface area contributed by atoms with Crippen LogP contribution >= 0.6 is 0 Å². The van der Waals surface area contributed by atoms with Crippen molar-refractivity contribution in [3.63, 3.8) is 0 Å². The van der Waals surface area contributed by atoms with Crippen LogP contribution in [0, 0.1) is 0 Å². The van der Waals surface area contributed by atoms with Gasteiger partial charge in [0.05, 0.1) is 6.04 Å². The number of aliphatic carboxylic acids is 1. The number of hydrogen-bond donors (Lipinski definition) is 3. The number of carbonyl (C=O) groups excluding carboxylic acids is 1. The molecule has 0 radical (unpaired) electrons. The lowest BCUT2D eigenvalue weighted by molar-refractivity contribution is -0.134. The van der Waals surface area contributed by atoms with Crippen molar-refractivity contribution in [2.45, 2.75) is 65.0 Å². The number of unbranched alkanes of at least 4 members (excludes halogenated alkanes) is 1. The molecule has 0 spiro atoms. The molecule has 1 atom stereocenters. The predicted octanol–water partition coefficient (Wildman–Crippen LogP) is 5.11. The molecule has 3 rings (SSSR count). The summed E-state index contributed by atoms with van der Waals surface area (Å²) in [5.41, 5.74) is 9.18. The third-order valence-corrected chi connectivity index (χ3v) is 4.83. The second-order valence-corrected chi connectivity index (χ2v) is 9.34. The molecule has 4 N–H and O–H groups in total. The van der Waals surface area contributed by atoms with Crippen molar-refractivity contribution in [1.29, 1.82) is 0 Å². The van der Waals surface area contributed by atoms with Crippen LogP contribution in [0.1, 0.15) is 70.3 Å². The molecule has 9 heteroatoms. The van der Waals surface area contributed by atoms with E-state index in [-0.39, 0.29) is 6.04 Å². The Hall–Kier alpha value is -3.72. The van der Waals surface area contributed by atoms with Gasteiger partial charge in [-0.3, -0.25) is 4.79 Å². The summed E-state index contributed by atoms with van der Waals surface area (Å²) in [5.74, 6) is 0.232. The largest absolute Gasteiger partial charge is 0.481 e. The number of carbonyl (C=O) groups is 2. The molecule has 0 bridgehead atoms. The van der Waals surface area contributed by atoms with Crippen molar-refractivity contribution in [3.05, 3.63) is 71.9 Å². The van der Waals surface area contributed by atoms with Crippen molar-refractivity contribution in [2.24, 2.45) is 5.73 Å². The van der Waals surface area contributed by atoms with E-state index in [0.29, 0.717) is 31.1 Å². The number of aromatic nitrogens is 2. The Morgan fingerprint density at radius 2 is 1.67 bits per heavy atom. The number of carboxylic acids is 1. The normalized spacial score (nSPS) is 11.7. The smallest absolute Gasteiger partial charge is 0.407 e. The van der Waals surface area contributed by atoms with E-state index in [0.717, 1.165) is 25.3 Å². The summed E-state index contributed by atoms with van der Waals surface area (Å²) < 4.78 is 10.6. The summed E-state index contributed by atoms with van der Waals surface area (Å²) in [7, 11) is 0. The number of rotatable bonds is 9. The van der Waals surface area contributed by atoms with Crippen molar-refractivity contribution in [3.8, 4) is 11.1 Å². The summed E-state index contributed by atoms with van der Waals surface area (Å²) in [4.78, 5) is 25.1. The van der Waals surface area contributed by atoms with Crippen LogP contribution in [0.2, 0.25) is 0 Å². The van der Waals surface area contributed by atoms with E-state index in [1.54, 1.807) is 0 Å². The molecule has 0 aliphatic heterocycles. The molecule has 0 fully saturated rings. The molecule has 3 aromatic rings. The second kappa shape index (κ2) is 14.0. The predicted molar refractivity (Wildman–Crippen MR) is 137 cm³/mol. The Labute approximate surface area is 212 Å². The van der Waals surface area contributed by atoms with Gasteiger partial charge in [0.1, 0.15) is 5.60 Å². The van der Waals surface area contributed by atoms with E-state index in [1.165, 1.54) is 11.1 Å². The Morgan fingerprint density at radius 3 is 2.28 bits per heavy atom. The maximum Gasteiger partial charge on any atom is 0.407 e. The number of benzene rings is 2. The SMILES string of the molecule is CC(=O)O.CC(C)(C)OC(=O)NCCCC[C@H](N)c1nc(Cc2ccc(-c3ccccc3)cc2)no1. The molecule has 0 aliphatic carbocycles. The fourth-order valence-electron chi connectivity index (χ4n) is 3.24. The summed E-state index contributed by atoms with van der Waals surface area (Å²) in [6.07, 6.45) is 2.51. The van der Waals surface area contributed by atoms with Gasteiger partial charge in [0.25, 0.3) is 5.97 Å². The second-order valence-electron chi connectivity index (χ2n) is 9.34. The number of nitrogens with two attached hydrogens (primary N) is 1. The van der Waals surface area contributed by atoms with Gasteiger partial charge in [-0.15, -0.1) is 0 Å². The van der Waals surface area contributed by atoms with E-state index in [2.05, 4.69) is 51.9 Å². The van der Waals surface area contributed by atoms with Gasteiger partial charge in [0.15, 0.2) is 5.82 Å². The van der Waals surface area contributed by atoms with Crippen LogP contribution in [0.4, 0.5) is 4.79 Å². The highest BCUT2D eigenvalue weighted by atomic mass is 16.6. The van der Waals surface area contributed by atoms with Crippen LogP contribution in [-0.2, 0) is 16.0 Å². The van der Waals surface area contributed by atoms with Crippen molar-refractivity contribution in [1.82, 2.24) is 15.5 Å². The van der Waals surface area contributed by atoms with Gasteiger partial charge in [0.2, 0.25) is 5.89 Å². The third-order valence-electron chi connectivity index (χ3n) is 4.83. The Balaban J connectivity index is 0.00000106. The lowest BCUT2D eigenvalue weighted by Crippen LogP contribution is -2.33. The van der Waals surface area contributed by atoms with Crippen LogP contribution in [0.3, 0.4) is 0 Å². The van der Waals surface area contributed by atoms with E-state index < -0.39 is 17.7 Å². The quantitative estimate of drug-likeness (QED) is 0.347. The molecule has 2 aromatic carbocycles. The van der Waals surface area contributed by atoms with Gasteiger partial charge in [0, 0.05) is 19.9 Å². The molecule has 36 heavy (non-hydrogen) atoms. The Kier molecular flexibility index (Phi) is 11.1. The number of ether oxygens (including phenoxy) is 1. The number of amides is 1. The zero-order valence-corrected chi connectivity index (χ0v) is 21.4. The molecule has 0 saturated heterocycles. The maximum absolute atomic E-state index is 11.6. The summed E-state index contributed by atoms with van der Waals surface area (Å²) in [5, 5.41) is 14.2. The molecular formula is C27H36N4O5. The minimum atomic E-state index is -0.833. The number of nitrogens with zero attached hydrogens (tertiary/aromatic N) is 2. The Morgan fingerprint density at radius 1 is 1.06 bits per heavy atom. The first-order chi connectivity index (χ1) is 17.0. The molecule has 1 aromatic heterocycles. The third kappa shape index (κ3) is 11.1. The topological polar surface area (TPSA) is 141 Å². The van der Waals surface area contributed by atoms with Crippen molar-refractivity contribution < 1.29 is 24.0 Å². The standard InChI is InChI=1S/C25H32N4O3.C2H4O2/c1-25(2,3)31-24(30)27-16-8-7-11-21(26)23-28-22(29-32-23)17-18-12-14-20(15-13-18)19-9-5-4-6-10-19;1-2(3)4/h4-6,9-10,12-15,21H,7-8,11,16-17,26H2,1-3H3,(H,27,30);1H3,(H,3,4)/t21-;/m0./s1. The van der Waals surface area contributed by atoms with E-state index >= 15 is 0 Å². The molecule has 194 valence electrons. The van der Waals surface area contributed by atoms with Gasteiger partial charge in [-0.05, 0) is 56.7 Å². The maximum atomic E-state index is 11.6. The van der Waals surface area contributed by atoms with Crippen LogP contribution in [0.5, 0.6) is 0 Å². The molecule has 0 unspecified atom stereocenters. The summed E-state index contributed by atoms with van der Waals surface area (Å²) in [6.45, 7) is 7.13. The first kappa shape index (κ1) is 28.5. The molecule has 9 nitrogen and oxygen atoms in total. The summed E-state index contributed by atoms with van der Waals surface area (Å²) in [6, 6.07) is 18.3. The molecule has 1 amide bonds. The van der Waals surface area contributed by atoms with Gasteiger partial charge < -0.3 is 25.4 Å². The lowest BCUT2D eigenvalue weighted by Gasteiger charge is -2.19. The van der Waals surface area contributed by atoms with Crippen LogP contribution in [0.15, 0.2) is 59.1 Å². The highest BCUT2D eigenvalue weighted by molar-refractivity contribution is 5.67. The van der Waals surface area contributed by atoms with Crippen LogP contribution in [0.25, 0.3) is 11.1 Å². The molecule has 0 aliphatic rings. The fraction of sp³-hybridized carbons (Fsp3) is 0.407. The molecule has 0 saturated carbocycles. The van der Waals surface area contributed by atoms with Gasteiger partial charge in [-0.1, -0.05) is 59.8 Å².